The molecule has 0 saturated heterocycles. The Morgan fingerprint density at radius 2 is 1.91 bits per heavy atom. The molecule has 0 aliphatic heterocycles. The zero-order valence-corrected chi connectivity index (χ0v) is 13.4. The van der Waals surface area contributed by atoms with Crippen LogP contribution in [0.3, 0.4) is 0 Å². The van der Waals surface area contributed by atoms with Gasteiger partial charge in [0.1, 0.15) is 5.82 Å². The van der Waals surface area contributed by atoms with Gasteiger partial charge >= 0.3 is 0 Å². The van der Waals surface area contributed by atoms with E-state index in [4.69, 9.17) is 0 Å². The van der Waals surface area contributed by atoms with Crippen LogP contribution < -0.4 is 5.32 Å². The summed E-state index contributed by atoms with van der Waals surface area (Å²) in [6.45, 7) is 2.05. The maximum atomic E-state index is 13.6. The van der Waals surface area contributed by atoms with Crippen LogP contribution in [0.2, 0.25) is 0 Å². The quantitative estimate of drug-likeness (QED) is 0.770. The van der Waals surface area contributed by atoms with E-state index >= 15 is 0 Å². The van der Waals surface area contributed by atoms with E-state index in [-0.39, 0.29) is 5.56 Å². The highest BCUT2D eigenvalue weighted by molar-refractivity contribution is 7.15. The zero-order chi connectivity index (χ0) is 16.2. The van der Waals surface area contributed by atoms with Crippen molar-refractivity contribution in [3.05, 3.63) is 82.1 Å². The number of amides is 1. The maximum absolute atomic E-state index is 13.6. The number of thiazole rings is 1. The molecule has 3 aromatic rings. The maximum Gasteiger partial charge on any atom is 0.260 e. The van der Waals surface area contributed by atoms with Crippen LogP contribution in [0.5, 0.6) is 0 Å². The number of aromatic nitrogens is 1. The van der Waals surface area contributed by atoms with Crippen LogP contribution in [0.4, 0.5) is 9.52 Å². The lowest BCUT2D eigenvalue weighted by atomic mass is 10.1. The minimum atomic E-state index is -0.540. The molecule has 0 aliphatic carbocycles. The van der Waals surface area contributed by atoms with Crippen molar-refractivity contribution in [2.75, 3.05) is 5.32 Å². The van der Waals surface area contributed by atoms with Gasteiger partial charge in [0.25, 0.3) is 5.91 Å². The van der Waals surface area contributed by atoms with Gasteiger partial charge in [0.15, 0.2) is 5.13 Å². The van der Waals surface area contributed by atoms with Crippen LogP contribution in [0.25, 0.3) is 0 Å². The average Bonchev–Trinajstić information content (AvgIpc) is 2.97. The molecule has 116 valence electrons. The van der Waals surface area contributed by atoms with E-state index in [0.717, 1.165) is 11.3 Å². The van der Waals surface area contributed by atoms with Gasteiger partial charge in [0.2, 0.25) is 0 Å². The summed E-state index contributed by atoms with van der Waals surface area (Å²) in [5.41, 5.74) is 2.42. The highest BCUT2D eigenvalue weighted by Gasteiger charge is 2.13. The van der Waals surface area contributed by atoms with Crippen molar-refractivity contribution in [2.45, 2.75) is 13.3 Å². The predicted octanol–water partition coefficient (Wildman–Crippen LogP) is 4.43. The molecule has 2 aromatic carbocycles. The van der Waals surface area contributed by atoms with Gasteiger partial charge in [-0.25, -0.2) is 9.37 Å². The molecule has 0 spiro atoms. The Bertz CT molecular complexity index is 827. The van der Waals surface area contributed by atoms with Crippen LogP contribution in [-0.4, -0.2) is 10.9 Å². The standard InChI is InChI=1S/C18H15FN2OS/c1-12-6-8-13(9-7-12)10-14-11-20-18(23-14)21-17(22)15-4-2-3-5-16(15)19/h2-9,11H,10H2,1H3,(H,20,21,22). The Hall–Kier alpha value is -2.53. The van der Waals surface area contributed by atoms with Gasteiger partial charge in [-0.3, -0.25) is 10.1 Å². The van der Waals surface area contributed by atoms with Gasteiger partial charge in [-0.2, -0.15) is 0 Å². The summed E-state index contributed by atoms with van der Waals surface area (Å²) in [6, 6.07) is 14.2. The van der Waals surface area contributed by atoms with E-state index in [1.165, 1.54) is 34.6 Å². The molecule has 1 aromatic heterocycles. The Morgan fingerprint density at radius 1 is 1.17 bits per heavy atom. The molecule has 0 atom stereocenters. The van der Waals surface area contributed by atoms with E-state index in [0.29, 0.717) is 5.13 Å². The van der Waals surface area contributed by atoms with Crippen molar-refractivity contribution in [1.29, 1.82) is 0 Å². The van der Waals surface area contributed by atoms with Gasteiger partial charge in [-0.05, 0) is 24.6 Å². The first-order valence-corrected chi connectivity index (χ1v) is 7.99. The van der Waals surface area contributed by atoms with E-state index in [1.54, 1.807) is 18.3 Å². The van der Waals surface area contributed by atoms with Crippen LogP contribution in [0.1, 0.15) is 26.4 Å². The third kappa shape index (κ3) is 3.81. The molecule has 23 heavy (non-hydrogen) atoms. The molecule has 0 saturated carbocycles. The van der Waals surface area contributed by atoms with E-state index in [2.05, 4.69) is 34.6 Å². The molecule has 3 nitrogen and oxygen atoms in total. The third-order valence-electron chi connectivity index (χ3n) is 3.39. The second kappa shape index (κ2) is 6.71. The third-order valence-corrected chi connectivity index (χ3v) is 4.30. The van der Waals surface area contributed by atoms with Crippen LogP contribution in [-0.2, 0) is 6.42 Å². The normalized spacial score (nSPS) is 10.5. The Labute approximate surface area is 137 Å². The van der Waals surface area contributed by atoms with E-state index in [9.17, 15) is 9.18 Å². The number of hydrogen-bond acceptors (Lipinski definition) is 3. The monoisotopic (exact) mass is 326 g/mol. The molecule has 0 unspecified atom stereocenters. The molecule has 1 N–H and O–H groups in total. The summed E-state index contributed by atoms with van der Waals surface area (Å²) in [7, 11) is 0. The van der Waals surface area contributed by atoms with Gasteiger partial charge in [-0.1, -0.05) is 42.0 Å². The predicted molar refractivity (Wildman–Crippen MR) is 90.5 cm³/mol. The van der Waals surface area contributed by atoms with E-state index in [1.807, 2.05) is 6.92 Å². The number of halogens is 1. The number of aryl methyl sites for hydroxylation is 1. The van der Waals surface area contributed by atoms with Crippen LogP contribution in [0.15, 0.2) is 54.7 Å². The Balaban J connectivity index is 1.69. The van der Waals surface area contributed by atoms with Crippen molar-refractivity contribution in [3.63, 3.8) is 0 Å². The molecule has 5 heteroatoms. The molecule has 0 fully saturated rings. The summed E-state index contributed by atoms with van der Waals surface area (Å²) in [6.07, 6.45) is 2.50. The number of nitrogens with one attached hydrogen (secondary N) is 1. The topological polar surface area (TPSA) is 42.0 Å². The van der Waals surface area contributed by atoms with Gasteiger partial charge in [0, 0.05) is 17.5 Å². The lowest BCUT2D eigenvalue weighted by molar-refractivity contribution is 0.102. The molecule has 1 heterocycles. The van der Waals surface area contributed by atoms with Crippen LogP contribution in [0, 0.1) is 12.7 Å². The zero-order valence-electron chi connectivity index (χ0n) is 12.5. The number of carbonyl (C=O) groups is 1. The van der Waals surface area contributed by atoms with Crippen LogP contribution >= 0.6 is 11.3 Å². The highest BCUT2D eigenvalue weighted by Crippen LogP contribution is 2.22. The number of hydrogen-bond donors (Lipinski definition) is 1. The number of benzene rings is 2. The van der Waals surface area contributed by atoms with Crippen molar-refractivity contribution in [1.82, 2.24) is 4.98 Å². The largest absolute Gasteiger partial charge is 0.298 e. The fraction of sp³-hybridized carbons (Fsp3) is 0.111. The molecule has 3 rings (SSSR count). The summed E-state index contributed by atoms with van der Waals surface area (Å²) in [4.78, 5) is 17.3. The minimum Gasteiger partial charge on any atom is -0.298 e. The lowest BCUT2D eigenvalue weighted by Gasteiger charge is -2.02. The fourth-order valence-corrected chi connectivity index (χ4v) is 3.01. The second-order valence-electron chi connectivity index (χ2n) is 5.23. The summed E-state index contributed by atoms with van der Waals surface area (Å²) < 4.78 is 13.6. The summed E-state index contributed by atoms with van der Waals surface area (Å²) in [5.74, 6) is -1.03. The number of carbonyl (C=O) groups excluding carboxylic acids is 1. The van der Waals surface area contributed by atoms with Crippen molar-refractivity contribution in [3.8, 4) is 0 Å². The molecule has 0 aliphatic rings. The molecular formula is C18H15FN2OS. The van der Waals surface area contributed by atoms with E-state index < -0.39 is 11.7 Å². The minimum absolute atomic E-state index is 0.0165. The molecule has 0 bridgehead atoms. The summed E-state index contributed by atoms with van der Waals surface area (Å²) >= 11 is 1.40. The van der Waals surface area contributed by atoms with Gasteiger partial charge in [0.05, 0.1) is 5.56 Å². The van der Waals surface area contributed by atoms with Crippen molar-refractivity contribution >= 4 is 22.4 Å². The smallest absolute Gasteiger partial charge is 0.260 e. The van der Waals surface area contributed by atoms with Gasteiger partial charge in [-0.15, -0.1) is 11.3 Å². The van der Waals surface area contributed by atoms with Crippen molar-refractivity contribution in [2.24, 2.45) is 0 Å². The fourth-order valence-electron chi connectivity index (χ4n) is 2.16. The highest BCUT2D eigenvalue weighted by atomic mass is 32.1. The van der Waals surface area contributed by atoms with Gasteiger partial charge < -0.3 is 0 Å². The SMILES string of the molecule is Cc1ccc(Cc2cnc(NC(=O)c3ccccc3F)s2)cc1. The van der Waals surface area contributed by atoms with Crippen molar-refractivity contribution < 1.29 is 9.18 Å². The first-order chi connectivity index (χ1) is 11.1. The molecular weight excluding hydrogens is 311 g/mol. The lowest BCUT2D eigenvalue weighted by Crippen LogP contribution is -2.13. The molecule has 1 amide bonds. The summed E-state index contributed by atoms with van der Waals surface area (Å²) in [5, 5.41) is 3.12. The number of nitrogens with zero attached hydrogens (tertiary/aromatic N) is 1. The molecule has 0 radical (unpaired) electrons. The number of rotatable bonds is 4. The second-order valence-corrected chi connectivity index (χ2v) is 6.34. The number of anilines is 1. The first kappa shape index (κ1) is 15.4. The first-order valence-electron chi connectivity index (χ1n) is 7.18. The Kier molecular flexibility index (Phi) is 4.48. The average molecular weight is 326 g/mol. The Morgan fingerprint density at radius 3 is 2.65 bits per heavy atom.